The fourth-order valence-corrected chi connectivity index (χ4v) is 1.88. The number of hydrogen-bond acceptors (Lipinski definition) is 6. The molecule has 92 valence electrons. The fraction of sp³-hybridized carbons (Fsp3) is 0.667. The van der Waals surface area contributed by atoms with Crippen LogP contribution in [0.3, 0.4) is 0 Å². The van der Waals surface area contributed by atoms with Crippen LogP contribution in [-0.4, -0.2) is 34.9 Å². The van der Waals surface area contributed by atoms with Gasteiger partial charge in [0.1, 0.15) is 0 Å². The molecule has 18 heavy (non-hydrogen) atoms. The molecule has 1 unspecified atom stereocenters. The molecule has 0 saturated heterocycles. The Morgan fingerprint density at radius 2 is 1.89 bits per heavy atom. The number of amides is 1. The summed E-state index contributed by atoms with van der Waals surface area (Å²) in [4.78, 5) is 32.2. The first-order valence-corrected chi connectivity index (χ1v) is 5.42. The zero-order chi connectivity index (χ0) is 15.2. The molecule has 1 amide bonds. The second-order valence-electron chi connectivity index (χ2n) is 3.07. The van der Waals surface area contributed by atoms with Crippen molar-refractivity contribution in [2.75, 3.05) is 5.75 Å². The number of aliphatic carboxylic acids is 2. The Labute approximate surface area is 158 Å². The SMILES string of the molecule is [2H]C([2H])([2H])C(=O)N[C@@H](CSC(C)CC(=O)[O-])C(=O)[O-].[Na+].[Na+]. The number of thioether (sulfide) groups is 1. The van der Waals surface area contributed by atoms with Gasteiger partial charge in [-0.1, -0.05) is 6.92 Å². The average molecular weight is 296 g/mol. The van der Waals surface area contributed by atoms with Crippen LogP contribution in [0.25, 0.3) is 0 Å². The minimum Gasteiger partial charge on any atom is -0.550 e. The van der Waals surface area contributed by atoms with Crippen LogP contribution in [0.1, 0.15) is 24.3 Å². The molecule has 6 nitrogen and oxygen atoms in total. The van der Waals surface area contributed by atoms with E-state index < -0.39 is 36.0 Å². The van der Waals surface area contributed by atoms with Crippen LogP contribution < -0.4 is 74.6 Å². The van der Waals surface area contributed by atoms with E-state index in [4.69, 9.17) is 4.11 Å². The van der Waals surface area contributed by atoms with Crippen molar-refractivity contribution in [1.82, 2.24) is 5.32 Å². The molecule has 0 aromatic rings. The molecule has 0 radical (unpaired) electrons. The Hall–Kier alpha value is 0.760. The van der Waals surface area contributed by atoms with E-state index in [9.17, 15) is 24.6 Å². The van der Waals surface area contributed by atoms with Gasteiger partial charge in [-0.2, -0.15) is 11.8 Å². The van der Waals surface area contributed by atoms with Gasteiger partial charge in [0.05, 0.1) is 12.0 Å². The number of carboxylic acids is 2. The van der Waals surface area contributed by atoms with E-state index in [1.807, 2.05) is 5.32 Å². The van der Waals surface area contributed by atoms with Gasteiger partial charge >= 0.3 is 59.1 Å². The van der Waals surface area contributed by atoms with E-state index in [0.29, 0.717) is 0 Å². The van der Waals surface area contributed by atoms with Gasteiger partial charge in [-0.25, -0.2) is 0 Å². The molecule has 2 atom stereocenters. The number of rotatable bonds is 7. The zero-order valence-electron chi connectivity index (χ0n) is 13.5. The predicted octanol–water partition coefficient (Wildman–Crippen LogP) is -8.49. The van der Waals surface area contributed by atoms with Gasteiger partial charge < -0.3 is 25.1 Å². The van der Waals surface area contributed by atoms with Gasteiger partial charge in [-0.05, 0) is 6.42 Å². The average Bonchev–Trinajstić information content (AvgIpc) is 2.20. The van der Waals surface area contributed by atoms with E-state index in [1.165, 1.54) is 0 Å². The first kappa shape index (κ1) is 16.8. The van der Waals surface area contributed by atoms with Crippen molar-refractivity contribution in [1.29, 1.82) is 0 Å². The summed E-state index contributed by atoms with van der Waals surface area (Å²) in [5.41, 5.74) is 0. The van der Waals surface area contributed by atoms with Gasteiger partial charge in [-0.15, -0.1) is 0 Å². The molecule has 0 spiro atoms. The summed E-state index contributed by atoms with van der Waals surface area (Å²) in [5, 5.41) is 22.4. The largest absolute Gasteiger partial charge is 1.00 e. The van der Waals surface area contributed by atoms with Crippen LogP contribution in [-0.2, 0) is 14.4 Å². The summed E-state index contributed by atoms with van der Waals surface area (Å²) in [6, 6.07) is -1.50. The van der Waals surface area contributed by atoms with Crippen LogP contribution in [0.15, 0.2) is 0 Å². The Morgan fingerprint density at radius 3 is 2.28 bits per heavy atom. The van der Waals surface area contributed by atoms with Crippen molar-refractivity contribution >= 4 is 29.6 Å². The number of carbonyl (C=O) groups is 3. The Bertz CT molecular complexity index is 370. The van der Waals surface area contributed by atoms with E-state index in [1.54, 1.807) is 6.92 Å². The first-order valence-electron chi connectivity index (χ1n) is 5.87. The molecule has 0 aliphatic rings. The Kier molecular flexibility index (Phi) is 11.9. The van der Waals surface area contributed by atoms with Crippen LogP contribution in [0.4, 0.5) is 0 Å². The smallest absolute Gasteiger partial charge is 0.550 e. The summed E-state index contributed by atoms with van der Waals surface area (Å²) < 4.78 is 20.4. The summed E-state index contributed by atoms with van der Waals surface area (Å²) in [7, 11) is 0. The normalized spacial score (nSPS) is 15.5. The van der Waals surface area contributed by atoms with Crippen molar-refractivity contribution in [2.45, 2.75) is 31.5 Å². The Balaban J connectivity index is -0.00000162. The molecule has 0 aliphatic heterocycles. The van der Waals surface area contributed by atoms with Gasteiger partial charge in [0.15, 0.2) is 0 Å². The molecule has 0 rings (SSSR count). The van der Waals surface area contributed by atoms with Crippen LogP contribution >= 0.6 is 11.8 Å². The summed E-state index contributed by atoms with van der Waals surface area (Å²) in [6.07, 6.45) is -0.280. The van der Waals surface area contributed by atoms with Crippen molar-refractivity contribution < 1.29 is 87.8 Å². The number of hydrogen-bond donors (Lipinski definition) is 1. The van der Waals surface area contributed by atoms with Crippen LogP contribution in [0, 0.1) is 0 Å². The minimum absolute atomic E-state index is 0. The van der Waals surface area contributed by atoms with Crippen LogP contribution in [0.5, 0.6) is 0 Å². The second-order valence-corrected chi connectivity index (χ2v) is 4.54. The standard InChI is InChI=1S/C9H15NO5S.2Na/c1-5(3-8(12)13)16-4-7(9(14)15)10-6(2)11;;/h5,7H,3-4H2,1-2H3,(H,10,11)(H,12,13)(H,14,15);;/q;2*+1/p-2/t5?,7-;;/m0../s1/i2D3;;. The maximum atomic E-state index is 11.1. The molecule has 1 N–H and O–H groups in total. The van der Waals surface area contributed by atoms with Crippen molar-refractivity contribution in [2.24, 2.45) is 0 Å². The van der Waals surface area contributed by atoms with Crippen molar-refractivity contribution in [3.05, 3.63) is 0 Å². The third kappa shape index (κ3) is 13.2. The van der Waals surface area contributed by atoms with Gasteiger partial charge in [0, 0.05) is 27.9 Å². The monoisotopic (exact) mass is 296 g/mol. The molecular weight excluding hydrogens is 280 g/mol. The van der Waals surface area contributed by atoms with Gasteiger partial charge in [0.2, 0.25) is 5.91 Å². The molecule has 0 saturated carbocycles. The maximum Gasteiger partial charge on any atom is 1.00 e. The van der Waals surface area contributed by atoms with E-state index in [2.05, 4.69) is 0 Å². The molecule has 0 bridgehead atoms. The second kappa shape index (κ2) is 12.8. The molecule has 0 fully saturated rings. The van der Waals surface area contributed by atoms with Crippen LogP contribution in [0.2, 0.25) is 0 Å². The third-order valence-corrected chi connectivity index (χ3v) is 2.85. The van der Waals surface area contributed by atoms with E-state index in [-0.39, 0.29) is 71.3 Å². The minimum atomic E-state index is -2.95. The maximum absolute atomic E-state index is 11.1. The quantitative estimate of drug-likeness (QED) is 0.467. The van der Waals surface area contributed by atoms with Crippen molar-refractivity contribution in [3.63, 3.8) is 0 Å². The van der Waals surface area contributed by atoms with E-state index >= 15 is 0 Å². The molecule has 0 aromatic heterocycles. The topological polar surface area (TPSA) is 109 Å². The number of carboxylic acid groups (broad SMARTS) is 2. The molecular formula is C9H13NNa2O5S. The third-order valence-electron chi connectivity index (χ3n) is 1.59. The number of nitrogens with one attached hydrogen (secondary N) is 1. The zero-order valence-corrected chi connectivity index (χ0v) is 15.3. The molecule has 0 aliphatic carbocycles. The predicted molar refractivity (Wildman–Crippen MR) is 54.2 cm³/mol. The summed E-state index contributed by atoms with van der Waals surface area (Å²) >= 11 is 0.954. The summed E-state index contributed by atoms with van der Waals surface area (Å²) in [5.74, 6) is -4.50. The fourth-order valence-electron chi connectivity index (χ4n) is 0.881. The van der Waals surface area contributed by atoms with E-state index in [0.717, 1.165) is 11.8 Å². The molecule has 0 aromatic carbocycles. The Morgan fingerprint density at radius 1 is 1.33 bits per heavy atom. The summed E-state index contributed by atoms with van der Waals surface area (Å²) in [6.45, 7) is -1.41. The van der Waals surface area contributed by atoms with Crippen molar-refractivity contribution in [3.8, 4) is 0 Å². The van der Waals surface area contributed by atoms with Gasteiger partial charge in [0.25, 0.3) is 0 Å². The number of carbonyl (C=O) groups excluding carboxylic acids is 3. The first-order chi connectivity index (χ1) is 8.54. The van der Waals surface area contributed by atoms with Gasteiger partial charge in [-0.3, -0.25) is 4.79 Å². The molecule has 0 heterocycles. The molecule has 9 heteroatoms.